The summed E-state index contributed by atoms with van der Waals surface area (Å²) in [4.78, 5) is 22.5. The van der Waals surface area contributed by atoms with Gasteiger partial charge >= 0.3 is 6.09 Å². The number of aliphatic hydroxyl groups is 1. The standard InChI is InChI=1S/C11H12FNO4/c1-2-17-11(16)13-10(15)9(14)7-3-5-8(12)6-4-7/h3-6,10,15H,2H2,1H3,(H,13,16)/t10-/m0/s1. The van der Waals surface area contributed by atoms with Crippen LogP contribution in [-0.2, 0) is 4.74 Å². The third kappa shape index (κ3) is 3.84. The molecule has 5 nitrogen and oxygen atoms in total. The average molecular weight is 241 g/mol. The fourth-order valence-corrected chi connectivity index (χ4v) is 1.12. The van der Waals surface area contributed by atoms with Crippen LogP contribution in [0.1, 0.15) is 17.3 Å². The Balaban J connectivity index is 2.63. The van der Waals surface area contributed by atoms with Gasteiger partial charge in [0.05, 0.1) is 6.61 Å². The minimum Gasteiger partial charge on any atom is -0.450 e. The molecule has 0 bridgehead atoms. The molecule has 0 spiro atoms. The van der Waals surface area contributed by atoms with E-state index in [0.717, 1.165) is 12.1 Å². The molecule has 1 amide bonds. The van der Waals surface area contributed by atoms with Gasteiger partial charge in [-0.1, -0.05) is 0 Å². The number of nitrogens with one attached hydrogen (secondary N) is 1. The van der Waals surface area contributed by atoms with Crippen LogP contribution >= 0.6 is 0 Å². The maximum absolute atomic E-state index is 12.6. The maximum Gasteiger partial charge on any atom is 0.409 e. The van der Waals surface area contributed by atoms with E-state index in [4.69, 9.17) is 0 Å². The number of ether oxygens (including phenoxy) is 1. The molecule has 92 valence electrons. The number of carbonyl (C=O) groups is 2. The number of ketones is 1. The van der Waals surface area contributed by atoms with Crippen LogP contribution in [0, 0.1) is 5.82 Å². The van der Waals surface area contributed by atoms with Crippen molar-refractivity contribution in [2.24, 2.45) is 0 Å². The lowest BCUT2D eigenvalue weighted by Gasteiger charge is -2.11. The topological polar surface area (TPSA) is 75.6 Å². The molecule has 0 aliphatic heterocycles. The van der Waals surface area contributed by atoms with E-state index in [1.807, 2.05) is 5.32 Å². The molecule has 0 aliphatic rings. The van der Waals surface area contributed by atoms with Crippen LogP contribution in [0.5, 0.6) is 0 Å². The van der Waals surface area contributed by atoms with E-state index in [9.17, 15) is 19.1 Å². The number of halogens is 1. The van der Waals surface area contributed by atoms with Crippen LogP contribution in [0.4, 0.5) is 9.18 Å². The van der Waals surface area contributed by atoms with Crippen molar-refractivity contribution in [3.05, 3.63) is 35.6 Å². The Morgan fingerprint density at radius 2 is 2.00 bits per heavy atom. The van der Waals surface area contributed by atoms with Crippen molar-refractivity contribution in [3.8, 4) is 0 Å². The van der Waals surface area contributed by atoms with Crippen molar-refractivity contribution in [2.45, 2.75) is 13.2 Å². The minimum atomic E-state index is -1.71. The summed E-state index contributed by atoms with van der Waals surface area (Å²) in [7, 11) is 0. The highest BCUT2D eigenvalue weighted by Crippen LogP contribution is 2.05. The Hall–Kier alpha value is -1.95. The fourth-order valence-electron chi connectivity index (χ4n) is 1.12. The smallest absolute Gasteiger partial charge is 0.409 e. The predicted molar refractivity (Wildman–Crippen MR) is 56.9 cm³/mol. The summed E-state index contributed by atoms with van der Waals surface area (Å²) >= 11 is 0. The monoisotopic (exact) mass is 241 g/mol. The molecule has 6 heteroatoms. The normalized spacial score (nSPS) is 11.7. The molecule has 0 radical (unpaired) electrons. The molecule has 0 unspecified atom stereocenters. The van der Waals surface area contributed by atoms with Crippen molar-refractivity contribution >= 4 is 11.9 Å². The number of hydrogen-bond donors (Lipinski definition) is 2. The van der Waals surface area contributed by atoms with Crippen LogP contribution in [0.15, 0.2) is 24.3 Å². The highest BCUT2D eigenvalue weighted by molar-refractivity contribution is 6.00. The van der Waals surface area contributed by atoms with Gasteiger partial charge in [0.15, 0.2) is 6.23 Å². The van der Waals surface area contributed by atoms with Gasteiger partial charge < -0.3 is 9.84 Å². The lowest BCUT2D eigenvalue weighted by Crippen LogP contribution is -2.40. The molecule has 0 saturated carbocycles. The highest BCUT2D eigenvalue weighted by atomic mass is 19.1. The highest BCUT2D eigenvalue weighted by Gasteiger charge is 2.19. The van der Waals surface area contributed by atoms with Crippen LogP contribution < -0.4 is 5.32 Å². The number of Topliss-reactive ketones (excluding diaryl/α,β-unsaturated/α-hetero) is 1. The Morgan fingerprint density at radius 1 is 1.41 bits per heavy atom. The van der Waals surface area contributed by atoms with Crippen molar-refractivity contribution in [3.63, 3.8) is 0 Å². The molecule has 0 aromatic heterocycles. The van der Waals surface area contributed by atoms with Crippen molar-refractivity contribution in [1.82, 2.24) is 5.32 Å². The first-order valence-electron chi connectivity index (χ1n) is 4.95. The second-order valence-electron chi connectivity index (χ2n) is 3.14. The first-order valence-corrected chi connectivity index (χ1v) is 4.95. The van der Waals surface area contributed by atoms with Gasteiger partial charge in [-0.25, -0.2) is 9.18 Å². The first kappa shape index (κ1) is 13.1. The van der Waals surface area contributed by atoms with Crippen LogP contribution in [0.3, 0.4) is 0 Å². The van der Waals surface area contributed by atoms with E-state index in [1.165, 1.54) is 12.1 Å². The van der Waals surface area contributed by atoms with Crippen molar-refractivity contribution in [2.75, 3.05) is 6.61 Å². The molecule has 0 fully saturated rings. The van der Waals surface area contributed by atoms with Crippen LogP contribution in [-0.4, -0.2) is 29.8 Å². The lowest BCUT2D eigenvalue weighted by atomic mass is 10.1. The molecule has 2 N–H and O–H groups in total. The van der Waals surface area contributed by atoms with Gasteiger partial charge in [-0.15, -0.1) is 0 Å². The summed E-state index contributed by atoms with van der Waals surface area (Å²) in [5.74, 6) is -1.23. The zero-order chi connectivity index (χ0) is 12.8. The summed E-state index contributed by atoms with van der Waals surface area (Å²) in [5, 5.41) is 11.3. The Bertz CT molecular complexity index is 404. The predicted octanol–water partition coefficient (Wildman–Crippen LogP) is 1.07. The largest absolute Gasteiger partial charge is 0.450 e. The number of benzene rings is 1. The molecule has 1 atom stereocenters. The van der Waals surface area contributed by atoms with Gasteiger partial charge in [0.1, 0.15) is 5.82 Å². The fraction of sp³-hybridized carbons (Fsp3) is 0.273. The number of aliphatic hydroxyl groups excluding tert-OH is 1. The van der Waals surface area contributed by atoms with Gasteiger partial charge in [-0.05, 0) is 31.2 Å². The third-order valence-electron chi connectivity index (χ3n) is 1.91. The minimum absolute atomic E-state index is 0.0932. The summed E-state index contributed by atoms with van der Waals surface area (Å²) in [6.45, 7) is 1.72. The third-order valence-corrected chi connectivity index (χ3v) is 1.91. The van der Waals surface area contributed by atoms with Gasteiger partial charge in [-0.2, -0.15) is 0 Å². The second kappa shape index (κ2) is 5.95. The Morgan fingerprint density at radius 3 is 2.53 bits per heavy atom. The molecular formula is C11H12FNO4. The van der Waals surface area contributed by atoms with E-state index in [0.29, 0.717) is 0 Å². The zero-order valence-corrected chi connectivity index (χ0v) is 9.14. The zero-order valence-electron chi connectivity index (χ0n) is 9.14. The number of hydrogen-bond acceptors (Lipinski definition) is 4. The molecule has 17 heavy (non-hydrogen) atoms. The average Bonchev–Trinajstić information content (AvgIpc) is 2.29. The SMILES string of the molecule is CCOC(=O)N[C@@H](O)C(=O)c1ccc(F)cc1. The maximum atomic E-state index is 12.6. The number of carbonyl (C=O) groups excluding carboxylic acids is 2. The molecule has 1 rings (SSSR count). The van der Waals surface area contributed by atoms with Crippen LogP contribution in [0.2, 0.25) is 0 Å². The molecule has 1 aromatic carbocycles. The number of amides is 1. The van der Waals surface area contributed by atoms with Gasteiger partial charge in [-0.3, -0.25) is 10.1 Å². The quantitative estimate of drug-likeness (QED) is 0.610. The molecule has 1 aromatic rings. The summed E-state index contributed by atoms with van der Waals surface area (Å²) in [6.07, 6.45) is -2.60. The van der Waals surface area contributed by atoms with E-state index in [1.54, 1.807) is 6.92 Å². The Labute approximate surface area is 97.2 Å². The summed E-state index contributed by atoms with van der Waals surface area (Å²) < 4.78 is 17.1. The molecule has 0 aliphatic carbocycles. The van der Waals surface area contributed by atoms with E-state index >= 15 is 0 Å². The van der Waals surface area contributed by atoms with Crippen molar-refractivity contribution in [1.29, 1.82) is 0 Å². The Kier molecular flexibility index (Phi) is 4.59. The van der Waals surface area contributed by atoms with Gasteiger partial charge in [0, 0.05) is 5.56 Å². The summed E-state index contributed by atoms with van der Waals surface area (Å²) in [6, 6.07) is 4.61. The van der Waals surface area contributed by atoms with Gasteiger partial charge in [0.25, 0.3) is 0 Å². The molecule has 0 saturated heterocycles. The second-order valence-corrected chi connectivity index (χ2v) is 3.14. The molecular weight excluding hydrogens is 229 g/mol. The van der Waals surface area contributed by atoms with E-state index in [2.05, 4.69) is 4.74 Å². The number of rotatable bonds is 4. The number of alkyl carbamates (subject to hydrolysis) is 1. The first-order chi connectivity index (χ1) is 8.04. The lowest BCUT2D eigenvalue weighted by molar-refractivity contribution is 0.0635. The van der Waals surface area contributed by atoms with E-state index in [-0.39, 0.29) is 12.2 Å². The van der Waals surface area contributed by atoms with Crippen LogP contribution in [0.25, 0.3) is 0 Å². The van der Waals surface area contributed by atoms with Crippen molar-refractivity contribution < 1.29 is 23.8 Å². The summed E-state index contributed by atoms with van der Waals surface area (Å²) in [5.41, 5.74) is 0.0932. The molecule has 0 heterocycles. The van der Waals surface area contributed by atoms with E-state index < -0.39 is 23.9 Å². The van der Waals surface area contributed by atoms with Gasteiger partial charge in [0.2, 0.25) is 5.78 Å².